The van der Waals surface area contributed by atoms with Gasteiger partial charge in [0.15, 0.2) is 8.24 Å². The molecule has 0 saturated heterocycles. The summed E-state index contributed by atoms with van der Waals surface area (Å²) in [5, 5.41) is 4.44. The van der Waals surface area contributed by atoms with E-state index < -0.39 is 60.0 Å². The van der Waals surface area contributed by atoms with Crippen molar-refractivity contribution in [1.82, 2.24) is 10.2 Å². The lowest BCUT2D eigenvalue weighted by molar-refractivity contribution is -0.399. The number of carbonyl (C=O) groups is 1. The van der Waals surface area contributed by atoms with E-state index in [-0.39, 0.29) is 0 Å². The molecule has 1 heterocycles. The summed E-state index contributed by atoms with van der Waals surface area (Å²) >= 11 is 5.56. The van der Waals surface area contributed by atoms with Gasteiger partial charge in [-0.2, -0.15) is 39.5 Å². The molecule has 0 aliphatic carbocycles. The summed E-state index contributed by atoms with van der Waals surface area (Å²) in [6, 6.07) is 0. The number of hydrogen-bond acceptors (Lipinski definition) is 4. The van der Waals surface area contributed by atoms with E-state index in [0.717, 1.165) is 0 Å². The zero-order valence-electron chi connectivity index (χ0n) is 13.9. The Balaban J connectivity index is 3.22. The van der Waals surface area contributed by atoms with Crippen molar-refractivity contribution < 1.29 is 44.3 Å². The Morgan fingerprint density at radius 2 is 1.36 bits per heavy atom. The third-order valence-electron chi connectivity index (χ3n) is 3.29. The van der Waals surface area contributed by atoms with Gasteiger partial charge in [0.25, 0.3) is 5.91 Å². The van der Waals surface area contributed by atoms with Gasteiger partial charge in [0.05, 0.1) is 0 Å². The molecule has 1 aromatic heterocycles. The van der Waals surface area contributed by atoms with Gasteiger partial charge in [-0.3, -0.25) is 10.1 Å². The number of amides is 1. The number of alkyl halides is 11. The molecule has 0 bridgehead atoms. The predicted molar refractivity (Wildman–Crippen MR) is 88.4 cm³/mol. The van der Waals surface area contributed by atoms with Crippen LogP contribution < -0.4 is 5.32 Å². The zero-order chi connectivity index (χ0) is 22.6. The first kappa shape index (κ1) is 25.4. The zero-order valence-corrected chi connectivity index (χ0v) is 17.9. The lowest BCUT2D eigenvalue weighted by atomic mass is 9.91. The number of rotatable bonds is 5. The SMILES string of the molecule is CC(C)(C)C(Br)(Br)C(=O)Nc1nnc(C(F)(F)C(F)(F)C(F)(F)C(F)(F)F)s1. The summed E-state index contributed by atoms with van der Waals surface area (Å²) < 4.78 is 115. The Morgan fingerprint density at radius 1 is 0.893 bits per heavy atom. The molecule has 162 valence electrons. The molecule has 1 rings (SSSR count). The average Bonchev–Trinajstić information content (AvgIpc) is 2.93. The van der Waals surface area contributed by atoms with Crippen LogP contribution in [-0.2, 0) is 10.7 Å². The monoisotopic (exact) mass is 573 g/mol. The lowest BCUT2D eigenvalue weighted by Gasteiger charge is -2.32. The van der Waals surface area contributed by atoms with E-state index in [0.29, 0.717) is 0 Å². The largest absolute Gasteiger partial charge is 0.460 e. The van der Waals surface area contributed by atoms with Crippen LogP contribution in [0.2, 0.25) is 0 Å². The van der Waals surface area contributed by atoms with Crippen LogP contribution in [0.3, 0.4) is 0 Å². The fourth-order valence-electron chi connectivity index (χ4n) is 1.43. The van der Waals surface area contributed by atoms with Gasteiger partial charge in [-0.05, 0) is 5.41 Å². The van der Waals surface area contributed by atoms with E-state index in [2.05, 4.69) is 42.1 Å². The van der Waals surface area contributed by atoms with Crippen LogP contribution in [0.5, 0.6) is 0 Å². The minimum atomic E-state index is -7.05. The maximum atomic E-state index is 13.8. The fourth-order valence-corrected chi connectivity index (χ4v) is 2.37. The Bertz CT molecular complexity index is 743. The highest BCUT2D eigenvalue weighted by Crippen LogP contribution is 2.57. The second-order valence-electron chi connectivity index (χ2n) is 6.41. The highest BCUT2D eigenvalue weighted by atomic mass is 79.9. The third kappa shape index (κ3) is 4.13. The summed E-state index contributed by atoms with van der Waals surface area (Å²) in [6.07, 6.45) is -6.94. The van der Waals surface area contributed by atoms with E-state index in [4.69, 9.17) is 0 Å². The van der Waals surface area contributed by atoms with E-state index in [1.807, 2.05) is 5.32 Å². The number of halogens is 11. The van der Waals surface area contributed by atoms with Crippen molar-refractivity contribution in [2.24, 2.45) is 5.41 Å². The summed E-state index contributed by atoms with van der Waals surface area (Å²) in [4.78, 5) is 12.2. The van der Waals surface area contributed by atoms with Crippen LogP contribution in [0.25, 0.3) is 0 Å². The number of hydrogen-bond donors (Lipinski definition) is 1. The number of nitrogens with one attached hydrogen (secondary N) is 1. The molecule has 0 unspecified atom stereocenters. The smallest absolute Gasteiger partial charge is 0.299 e. The van der Waals surface area contributed by atoms with Crippen LogP contribution in [0.15, 0.2) is 0 Å². The van der Waals surface area contributed by atoms with Gasteiger partial charge in [-0.15, -0.1) is 10.2 Å². The van der Waals surface area contributed by atoms with E-state index >= 15 is 0 Å². The number of anilines is 1. The van der Waals surface area contributed by atoms with E-state index in [1.165, 1.54) is 0 Å². The summed E-state index contributed by atoms with van der Waals surface area (Å²) in [7, 11) is 0. The third-order valence-corrected chi connectivity index (χ3v) is 7.29. The van der Waals surface area contributed by atoms with Crippen molar-refractivity contribution in [3.8, 4) is 0 Å². The molecule has 0 fully saturated rings. The molecule has 1 aromatic rings. The Morgan fingerprint density at radius 3 is 1.75 bits per heavy atom. The van der Waals surface area contributed by atoms with Gasteiger partial charge in [-0.1, -0.05) is 64.0 Å². The quantitative estimate of drug-likeness (QED) is 0.350. The van der Waals surface area contributed by atoms with Crippen LogP contribution in [0.4, 0.5) is 44.6 Å². The van der Waals surface area contributed by atoms with Crippen LogP contribution >= 0.6 is 43.2 Å². The molecule has 16 heteroatoms. The van der Waals surface area contributed by atoms with Crippen LogP contribution in [-0.4, -0.2) is 37.4 Å². The van der Waals surface area contributed by atoms with Gasteiger partial charge in [0.1, 0.15) is 0 Å². The van der Waals surface area contributed by atoms with Crippen molar-refractivity contribution in [3.05, 3.63) is 5.01 Å². The maximum absolute atomic E-state index is 13.8. The van der Waals surface area contributed by atoms with Gasteiger partial charge in [-0.25, -0.2) is 0 Å². The van der Waals surface area contributed by atoms with Crippen molar-refractivity contribution in [2.75, 3.05) is 5.32 Å². The second-order valence-corrected chi connectivity index (χ2v) is 10.8. The Hall–Kier alpha value is -0.640. The highest BCUT2D eigenvalue weighted by Gasteiger charge is 2.83. The Kier molecular flexibility index (Phi) is 6.57. The summed E-state index contributed by atoms with van der Waals surface area (Å²) in [6.45, 7) is 4.74. The molecular weight excluding hydrogens is 565 g/mol. The maximum Gasteiger partial charge on any atom is 0.460 e. The number of aromatic nitrogens is 2. The van der Waals surface area contributed by atoms with Crippen molar-refractivity contribution in [2.45, 2.75) is 47.9 Å². The minimum Gasteiger partial charge on any atom is -0.299 e. The molecule has 0 aliphatic heterocycles. The molecule has 0 aromatic carbocycles. The van der Waals surface area contributed by atoms with Crippen molar-refractivity contribution in [3.63, 3.8) is 0 Å². The molecule has 0 atom stereocenters. The van der Waals surface area contributed by atoms with Crippen LogP contribution in [0, 0.1) is 5.41 Å². The van der Waals surface area contributed by atoms with Crippen molar-refractivity contribution in [1.29, 1.82) is 0 Å². The topological polar surface area (TPSA) is 54.9 Å². The van der Waals surface area contributed by atoms with E-state index in [1.54, 1.807) is 20.8 Å². The normalized spacial score (nSPS) is 14.9. The molecule has 4 nitrogen and oxygen atoms in total. The van der Waals surface area contributed by atoms with Gasteiger partial charge in [0, 0.05) is 0 Å². The molecule has 1 N–H and O–H groups in total. The average molecular weight is 575 g/mol. The number of carbonyl (C=O) groups excluding carboxylic acids is 1. The van der Waals surface area contributed by atoms with Gasteiger partial charge in [0.2, 0.25) is 5.13 Å². The molecule has 0 spiro atoms. The molecule has 28 heavy (non-hydrogen) atoms. The first-order valence-electron chi connectivity index (χ1n) is 6.84. The first-order chi connectivity index (χ1) is 12.1. The van der Waals surface area contributed by atoms with E-state index in [9.17, 15) is 44.3 Å². The lowest BCUT2D eigenvalue weighted by Crippen LogP contribution is -2.59. The molecule has 0 radical (unpaired) electrons. The first-order valence-corrected chi connectivity index (χ1v) is 9.24. The molecule has 0 aliphatic rings. The standard InChI is InChI=1S/C12H10Br2F9N3OS/c1-7(2,3)8(13,14)4(27)24-6-26-25-5(28-6)9(15,16)10(17,18)11(19,20)12(21,22)23/h1-3H3,(H,24,26,27). The highest BCUT2D eigenvalue weighted by molar-refractivity contribution is 9.26. The second kappa shape index (κ2) is 7.25. The van der Waals surface area contributed by atoms with Gasteiger partial charge < -0.3 is 0 Å². The summed E-state index contributed by atoms with van der Waals surface area (Å²) in [5.74, 6) is -20.9. The summed E-state index contributed by atoms with van der Waals surface area (Å²) in [5.41, 5.74) is -0.809. The number of nitrogens with zero attached hydrogens (tertiary/aromatic N) is 2. The Labute approximate surface area is 172 Å². The molecule has 1 amide bonds. The fraction of sp³-hybridized carbons (Fsp3) is 0.750. The molecular formula is C12H10Br2F9N3OS. The predicted octanol–water partition coefficient (Wildman–Crippen LogP) is 5.93. The van der Waals surface area contributed by atoms with Crippen LogP contribution in [0.1, 0.15) is 25.8 Å². The minimum absolute atomic E-state index is 0.478. The van der Waals surface area contributed by atoms with Crippen molar-refractivity contribution >= 4 is 54.2 Å². The van der Waals surface area contributed by atoms with Gasteiger partial charge >= 0.3 is 23.9 Å². The molecule has 0 saturated carbocycles.